The van der Waals surface area contributed by atoms with Gasteiger partial charge in [-0.25, -0.2) is 0 Å². The third-order valence-corrected chi connectivity index (χ3v) is 1.24. The maximum atomic E-state index is 10.4. The molecule has 0 amide bonds. The van der Waals surface area contributed by atoms with E-state index in [4.69, 9.17) is 0 Å². The molecule has 2 nitrogen and oxygen atoms in total. The molecule has 0 fully saturated rings. The smallest absolute Gasteiger partial charge is 0.181 e. The molecular weight excluding hydrogens is 170 g/mol. The monoisotopic (exact) mass is 173 g/mol. The summed E-state index contributed by atoms with van der Waals surface area (Å²) in [6.45, 7) is 0. The molecule has 1 rings (SSSR count). The summed E-state index contributed by atoms with van der Waals surface area (Å²) in [5.41, 5.74) is 0.0284. The topological polar surface area (TPSA) is 22.0 Å². The van der Waals surface area contributed by atoms with Gasteiger partial charge in [-0.05, 0) is 0 Å². The Morgan fingerprint density at radius 2 is 1.88 bits per heavy atom. The molecule has 0 unspecified atom stereocenters. The number of hydrogen-bond acceptors (Lipinski definition) is 1. The van der Waals surface area contributed by atoms with Gasteiger partial charge in [-0.3, -0.25) is 8.39 Å². The van der Waals surface area contributed by atoms with Crippen molar-refractivity contribution in [1.29, 1.82) is 0 Å². The van der Waals surface area contributed by atoms with Crippen LogP contribution in [0.2, 0.25) is 0 Å². The van der Waals surface area contributed by atoms with Gasteiger partial charge in [0.15, 0.2) is 5.43 Å². The minimum Gasteiger partial charge on any atom is -0.291 e. The van der Waals surface area contributed by atoms with Gasteiger partial charge in [0.05, 0.1) is 16.1 Å². The van der Waals surface area contributed by atoms with E-state index in [1.807, 2.05) is 0 Å². The number of pyridine rings is 1. The van der Waals surface area contributed by atoms with Crippen molar-refractivity contribution in [3.05, 3.63) is 34.7 Å². The predicted molar refractivity (Wildman–Crippen MR) is 35.0 cm³/mol. The summed E-state index contributed by atoms with van der Waals surface area (Å²) in [5.74, 6) is 0. The van der Waals surface area contributed by atoms with Gasteiger partial charge >= 0.3 is 0 Å². The highest BCUT2D eigenvalue weighted by Gasteiger charge is 1.78. The third kappa shape index (κ3) is 1.20. The summed E-state index contributed by atoms with van der Waals surface area (Å²) in [4.78, 5) is 10.4. The van der Waals surface area contributed by atoms with Crippen molar-refractivity contribution in [2.45, 2.75) is 0 Å². The van der Waals surface area contributed by atoms with Crippen LogP contribution in [0.5, 0.6) is 0 Å². The summed E-state index contributed by atoms with van der Waals surface area (Å²) in [6, 6.07) is 2.96. The van der Waals surface area contributed by atoms with Crippen molar-refractivity contribution < 1.29 is 0 Å². The minimum absolute atomic E-state index is 0.0284. The van der Waals surface area contributed by atoms with Crippen LogP contribution in [-0.4, -0.2) is 3.59 Å². The average Bonchev–Trinajstić information content (AvgIpc) is 1.77. The standard InChI is InChI=1S/C5H4BrNO/c6-7-3-1-5(8)2-4-7/h1-4H. The molecule has 0 spiro atoms. The van der Waals surface area contributed by atoms with E-state index in [-0.39, 0.29) is 5.43 Å². The summed E-state index contributed by atoms with van der Waals surface area (Å²) in [5, 5.41) is 0. The van der Waals surface area contributed by atoms with E-state index >= 15 is 0 Å². The lowest BCUT2D eigenvalue weighted by atomic mass is 10.5. The lowest BCUT2D eigenvalue weighted by Crippen LogP contribution is -1.95. The van der Waals surface area contributed by atoms with Crippen molar-refractivity contribution in [3.8, 4) is 0 Å². The van der Waals surface area contributed by atoms with Crippen LogP contribution in [-0.2, 0) is 0 Å². The first kappa shape index (κ1) is 5.56. The van der Waals surface area contributed by atoms with Crippen molar-refractivity contribution in [2.24, 2.45) is 0 Å². The molecule has 0 aliphatic carbocycles. The van der Waals surface area contributed by atoms with Gasteiger partial charge in [0, 0.05) is 24.5 Å². The number of aromatic nitrogens is 1. The lowest BCUT2D eigenvalue weighted by Gasteiger charge is -1.86. The molecule has 0 bridgehead atoms. The van der Waals surface area contributed by atoms with E-state index in [0.29, 0.717) is 0 Å². The van der Waals surface area contributed by atoms with Gasteiger partial charge < -0.3 is 0 Å². The highest BCUT2D eigenvalue weighted by atomic mass is 79.9. The maximum absolute atomic E-state index is 10.4. The van der Waals surface area contributed by atoms with E-state index in [9.17, 15) is 4.79 Å². The molecule has 0 aliphatic heterocycles. The van der Waals surface area contributed by atoms with Crippen LogP contribution in [0, 0.1) is 0 Å². The number of halogens is 1. The van der Waals surface area contributed by atoms with Crippen molar-refractivity contribution in [1.82, 2.24) is 3.59 Å². The SMILES string of the molecule is O=c1ccn(Br)cc1. The number of rotatable bonds is 0. The van der Waals surface area contributed by atoms with Gasteiger partial charge in [0.1, 0.15) is 0 Å². The van der Waals surface area contributed by atoms with Crippen LogP contribution in [0.1, 0.15) is 0 Å². The molecule has 0 radical (unpaired) electrons. The zero-order valence-corrected chi connectivity index (χ0v) is 5.63. The molecule has 0 saturated carbocycles. The van der Waals surface area contributed by atoms with E-state index < -0.39 is 0 Å². The van der Waals surface area contributed by atoms with Gasteiger partial charge in [0.25, 0.3) is 0 Å². The first-order valence-corrected chi connectivity index (χ1v) is 2.84. The van der Waals surface area contributed by atoms with Crippen LogP contribution in [0.25, 0.3) is 0 Å². The molecule has 0 N–H and O–H groups in total. The highest BCUT2D eigenvalue weighted by Crippen LogP contribution is 1.86. The van der Waals surface area contributed by atoms with Crippen LogP contribution in [0.3, 0.4) is 0 Å². The van der Waals surface area contributed by atoms with Crippen molar-refractivity contribution in [2.75, 3.05) is 0 Å². The largest absolute Gasteiger partial charge is 0.291 e. The van der Waals surface area contributed by atoms with Gasteiger partial charge in [-0.15, -0.1) is 0 Å². The third-order valence-electron chi connectivity index (χ3n) is 0.762. The van der Waals surface area contributed by atoms with E-state index in [0.717, 1.165) is 0 Å². The van der Waals surface area contributed by atoms with Crippen LogP contribution >= 0.6 is 16.1 Å². The van der Waals surface area contributed by atoms with Crippen LogP contribution in [0.4, 0.5) is 0 Å². The zero-order chi connectivity index (χ0) is 5.98. The Morgan fingerprint density at radius 1 is 1.38 bits per heavy atom. The van der Waals surface area contributed by atoms with Crippen molar-refractivity contribution >= 4 is 16.1 Å². The van der Waals surface area contributed by atoms with E-state index in [1.54, 1.807) is 16.0 Å². The Morgan fingerprint density at radius 3 is 2.25 bits per heavy atom. The van der Waals surface area contributed by atoms with Crippen molar-refractivity contribution in [3.63, 3.8) is 0 Å². The Balaban J connectivity index is 3.22. The quantitative estimate of drug-likeness (QED) is 0.575. The highest BCUT2D eigenvalue weighted by molar-refractivity contribution is 9.08. The lowest BCUT2D eigenvalue weighted by molar-refractivity contribution is 1.24. The molecule has 0 aliphatic rings. The zero-order valence-electron chi connectivity index (χ0n) is 4.04. The second kappa shape index (κ2) is 2.13. The van der Waals surface area contributed by atoms with E-state index in [1.165, 1.54) is 12.1 Å². The molecule has 3 heteroatoms. The normalized spacial score (nSPS) is 9.12. The summed E-state index contributed by atoms with van der Waals surface area (Å²) in [7, 11) is 0. The summed E-state index contributed by atoms with van der Waals surface area (Å²) < 4.78 is 1.63. The Labute approximate surface area is 55.1 Å². The fraction of sp³-hybridized carbons (Fsp3) is 0. The number of hydrogen-bond donors (Lipinski definition) is 0. The van der Waals surface area contributed by atoms with Gasteiger partial charge in [-0.1, -0.05) is 0 Å². The van der Waals surface area contributed by atoms with Gasteiger partial charge in [0.2, 0.25) is 0 Å². The molecule has 1 heterocycles. The molecule has 1 aromatic rings. The van der Waals surface area contributed by atoms with Crippen LogP contribution < -0.4 is 5.43 Å². The Hall–Kier alpha value is -0.570. The Kier molecular flexibility index (Phi) is 1.48. The molecule has 42 valence electrons. The second-order valence-electron chi connectivity index (χ2n) is 1.38. The van der Waals surface area contributed by atoms with Gasteiger partial charge in [-0.2, -0.15) is 0 Å². The maximum Gasteiger partial charge on any atom is 0.181 e. The molecule has 1 aromatic heterocycles. The fourth-order valence-corrected chi connectivity index (χ4v) is 0.631. The average molecular weight is 174 g/mol. The molecule has 8 heavy (non-hydrogen) atoms. The fourth-order valence-electron chi connectivity index (χ4n) is 0.395. The van der Waals surface area contributed by atoms with E-state index in [2.05, 4.69) is 16.1 Å². The summed E-state index contributed by atoms with van der Waals surface area (Å²) >= 11 is 3.12. The van der Waals surface area contributed by atoms with Crippen LogP contribution in [0.15, 0.2) is 29.3 Å². The molecule has 0 aromatic carbocycles. The predicted octanol–water partition coefficient (Wildman–Crippen LogP) is 1.01. The molecule has 0 atom stereocenters. The molecular formula is C5H4BrNO. The first-order chi connectivity index (χ1) is 3.79. The Bertz CT molecular complexity index is 210. The molecule has 0 saturated heterocycles. The first-order valence-electron chi connectivity index (χ1n) is 2.13. The summed E-state index contributed by atoms with van der Waals surface area (Å²) in [6.07, 6.45) is 3.28. The second-order valence-corrected chi connectivity index (χ2v) is 2.20. The number of nitrogens with zero attached hydrogens (tertiary/aromatic N) is 1. The minimum atomic E-state index is 0.0284.